The second kappa shape index (κ2) is 3.98. The van der Waals surface area contributed by atoms with Gasteiger partial charge in [-0.3, -0.25) is 0 Å². The first-order valence-electron chi connectivity index (χ1n) is 4.27. The minimum Gasteiger partial charge on any atom is -0.238 e. The van der Waals surface area contributed by atoms with Crippen LogP contribution in [-0.2, 0) is 5.88 Å². The molecule has 15 heavy (non-hydrogen) atoms. The number of aromatic nitrogens is 2. The molecule has 0 unspecified atom stereocenters. The number of hydrogen-bond donors (Lipinski definition) is 0. The maximum atomic E-state index is 13.3. The van der Waals surface area contributed by atoms with Crippen molar-refractivity contribution in [3.63, 3.8) is 0 Å². The van der Waals surface area contributed by atoms with Crippen LogP contribution in [0, 0.1) is 11.6 Å². The summed E-state index contributed by atoms with van der Waals surface area (Å²) in [7, 11) is 0. The van der Waals surface area contributed by atoms with Crippen LogP contribution in [0.15, 0.2) is 30.5 Å². The van der Waals surface area contributed by atoms with Crippen LogP contribution in [0.2, 0.25) is 0 Å². The Labute approximate surface area is 90.1 Å². The van der Waals surface area contributed by atoms with Gasteiger partial charge >= 0.3 is 0 Å². The minimum absolute atomic E-state index is 0.0753. The van der Waals surface area contributed by atoms with Gasteiger partial charge in [0, 0.05) is 6.20 Å². The Morgan fingerprint density at radius 2 is 2.07 bits per heavy atom. The molecule has 1 aromatic heterocycles. The topological polar surface area (TPSA) is 17.8 Å². The Hall–Kier alpha value is -1.42. The fraction of sp³-hybridized carbons (Fsp3) is 0.100. The number of benzene rings is 1. The van der Waals surface area contributed by atoms with Crippen molar-refractivity contribution in [1.29, 1.82) is 0 Å². The first kappa shape index (κ1) is 10.1. The van der Waals surface area contributed by atoms with E-state index in [-0.39, 0.29) is 11.6 Å². The summed E-state index contributed by atoms with van der Waals surface area (Å²) in [5, 5.41) is 3.98. The standard InChI is InChI=1S/C10H7ClF2N2/c11-6-7-4-5-15(14-7)9-3-1-2-8(12)10(9)13/h1-5H,6H2. The summed E-state index contributed by atoms with van der Waals surface area (Å²) in [6.45, 7) is 0. The van der Waals surface area contributed by atoms with Gasteiger partial charge in [0.2, 0.25) is 0 Å². The lowest BCUT2D eigenvalue weighted by Crippen LogP contribution is -2.00. The summed E-state index contributed by atoms with van der Waals surface area (Å²) in [4.78, 5) is 0. The Kier molecular flexibility index (Phi) is 2.68. The molecule has 0 saturated carbocycles. The van der Waals surface area contributed by atoms with Gasteiger partial charge in [0.05, 0.1) is 11.6 Å². The molecule has 0 radical (unpaired) electrons. The van der Waals surface area contributed by atoms with E-state index in [9.17, 15) is 8.78 Å². The lowest BCUT2D eigenvalue weighted by atomic mass is 10.3. The van der Waals surface area contributed by atoms with Crippen LogP contribution >= 0.6 is 11.6 Å². The average Bonchev–Trinajstić information content (AvgIpc) is 2.70. The van der Waals surface area contributed by atoms with Crippen molar-refractivity contribution in [1.82, 2.24) is 9.78 Å². The first-order valence-corrected chi connectivity index (χ1v) is 4.80. The normalized spacial score (nSPS) is 10.6. The van der Waals surface area contributed by atoms with Crippen molar-refractivity contribution in [2.45, 2.75) is 5.88 Å². The number of halogens is 3. The molecule has 1 aromatic carbocycles. The van der Waals surface area contributed by atoms with E-state index in [1.165, 1.54) is 23.0 Å². The van der Waals surface area contributed by atoms with Gasteiger partial charge in [0.15, 0.2) is 11.6 Å². The lowest BCUT2D eigenvalue weighted by molar-refractivity contribution is 0.501. The van der Waals surface area contributed by atoms with Gasteiger partial charge in [0.1, 0.15) is 5.69 Å². The van der Waals surface area contributed by atoms with Crippen LogP contribution in [-0.4, -0.2) is 9.78 Å². The van der Waals surface area contributed by atoms with E-state index in [0.29, 0.717) is 5.69 Å². The molecule has 0 atom stereocenters. The van der Waals surface area contributed by atoms with Crippen molar-refractivity contribution in [3.8, 4) is 5.69 Å². The Morgan fingerprint density at radius 3 is 2.73 bits per heavy atom. The van der Waals surface area contributed by atoms with Crippen molar-refractivity contribution in [2.75, 3.05) is 0 Å². The zero-order chi connectivity index (χ0) is 10.8. The van der Waals surface area contributed by atoms with Crippen molar-refractivity contribution in [2.24, 2.45) is 0 Å². The highest BCUT2D eigenvalue weighted by Gasteiger charge is 2.10. The molecule has 0 N–H and O–H groups in total. The predicted molar refractivity (Wildman–Crippen MR) is 53.0 cm³/mol. The van der Waals surface area contributed by atoms with Crippen LogP contribution < -0.4 is 0 Å². The molecular weight excluding hydrogens is 222 g/mol. The van der Waals surface area contributed by atoms with Gasteiger partial charge in [-0.15, -0.1) is 11.6 Å². The van der Waals surface area contributed by atoms with Gasteiger partial charge in [0.25, 0.3) is 0 Å². The van der Waals surface area contributed by atoms with Gasteiger partial charge in [-0.05, 0) is 18.2 Å². The van der Waals surface area contributed by atoms with Crippen molar-refractivity contribution >= 4 is 11.6 Å². The molecule has 0 bridgehead atoms. The van der Waals surface area contributed by atoms with Gasteiger partial charge in [-0.25, -0.2) is 13.5 Å². The highest BCUT2D eigenvalue weighted by atomic mass is 35.5. The molecule has 0 saturated heterocycles. The fourth-order valence-corrected chi connectivity index (χ4v) is 1.38. The summed E-state index contributed by atoms with van der Waals surface area (Å²) in [6.07, 6.45) is 1.54. The zero-order valence-electron chi connectivity index (χ0n) is 7.62. The first-order chi connectivity index (χ1) is 7.22. The predicted octanol–water partition coefficient (Wildman–Crippen LogP) is 2.89. The number of hydrogen-bond acceptors (Lipinski definition) is 1. The van der Waals surface area contributed by atoms with Crippen molar-refractivity contribution < 1.29 is 8.78 Å². The second-order valence-electron chi connectivity index (χ2n) is 2.96. The van der Waals surface area contributed by atoms with E-state index >= 15 is 0 Å². The molecule has 2 aromatic rings. The highest BCUT2D eigenvalue weighted by Crippen LogP contribution is 2.15. The van der Waals surface area contributed by atoms with Gasteiger partial charge in [-0.1, -0.05) is 6.07 Å². The van der Waals surface area contributed by atoms with E-state index in [1.807, 2.05) is 0 Å². The van der Waals surface area contributed by atoms with Crippen LogP contribution in [0.5, 0.6) is 0 Å². The van der Waals surface area contributed by atoms with E-state index in [1.54, 1.807) is 6.07 Å². The second-order valence-corrected chi connectivity index (χ2v) is 3.23. The Bertz CT molecular complexity index is 482. The van der Waals surface area contributed by atoms with E-state index in [2.05, 4.69) is 5.10 Å². The Balaban J connectivity index is 2.49. The lowest BCUT2D eigenvalue weighted by Gasteiger charge is -2.02. The van der Waals surface area contributed by atoms with Gasteiger partial charge in [-0.2, -0.15) is 5.10 Å². The van der Waals surface area contributed by atoms with E-state index < -0.39 is 11.6 Å². The third-order valence-corrected chi connectivity index (χ3v) is 2.23. The summed E-state index contributed by atoms with van der Waals surface area (Å²) in [6, 6.07) is 5.58. The number of nitrogens with zero attached hydrogens (tertiary/aromatic N) is 2. The minimum atomic E-state index is -0.915. The molecule has 0 aliphatic rings. The van der Waals surface area contributed by atoms with E-state index in [0.717, 1.165) is 6.07 Å². The third kappa shape index (κ3) is 1.85. The summed E-state index contributed by atoms with van der Waals surface area (Å²) in [5.74, 6) is -1.57. The molecule has 1 heterocycles. The SMILES string of the molecule is Fc1cccc(-n2ccc(CCl)n2)c1F. The average molecular weight is 229 g/mol. The quantitative estimate of drug-likeness (QED) is 0.723. The molecule has 0 aliphatic heterocycles. The number of alkyl halides is 1. The van der Waals surface area contributed by atoms with Crippen LogP contribution in [0.25, 0.3) is 5.69 Å². The molecule has 0 spiro atoms. The molecule has 5 heteroatoms. The molecule has 2 rings (SSSR count). The molecule has 0 amide bonds. The molecule has 78 valence electrons. The monoisotopic (exact) mass is 228 g/mol. The highest BCUT2D eigenvalue weighted by molar-refractivity contribution is 6.16. The number of rotatable bonds is 2. The maximum Gasteiger partial charge on any atom is 0.184 e. The maximum absolute atomic E-state index is 13.3. The van der Waals surface area contributed by atoms with Crippen LogP contribution in [0.4, 0.5) is 8.78 Å². The zero-order valence-corrected chi connectivity index (χ0v) is 8.38. The smallest absolute Gasteiger partial charge is 0.184 e. The summed E-state index contributed by atoms with van der Waals surface area (Å²) < 4.78 is 27.5. The van der Waals surface area contributed by atoms with Crippen molar-refractivity contribution in [3.05, 3.63) is 47.8 Å². The molecule has 0 fully saturated rings. The van der Waals surface area contributed by atoms with Crippen LogP contribution in [0.1, 0.15) is 5.69 Å². The van der Waals surface area contributed by atoms with E-state index in [4.69, 9.17) is 11.6 Å². The van der Waals surface area contributed by atoms with Gasteiger partial charge < -0.3 is 0 Å². The summed E-state index contributed by atoms with van der Waals surface area (Å²) >= 11 is 5.56. The fourth-order valence-electron chi connectivity index (χ4n) is 1.24. The van der Waals surface area contributed by atoms with Crippen LogP contribution in [0.3, 0.4) is 0 Å². The third-order valence-electron chi connectivity index (χ3n) is 1.96. The Morgan fingerprint density at radius 1 is 1.27 bits per heavy atom. The molecule has 0 aliphatic carbocycles. The summed E-state index contributed by atoms with van der Waals surface area (Å²) in [5.41, 5.74) is 0.687. The largest absolute Gasteiger partial charge is 0.238 e. The molecular formula is C10H7ClF2N2. The molecule has 2 nitrogen and oxygen atoms in total.